The zero-order valence-electron chi connectivity index (χ0n) is 8.70. The van der Waals surface area contributed by atoms with Crippen LogP contribution in [0.2, 0.25) is 0 Å². The van der Waals surface area contributed by atoms with Gasteiger partial charge in [0, 0.05) is 11.3 Å². The van der Waals surface area contributed by atoms with E-state index in [9.17, 15) is 0 Å². The fraction of sp³-hybridized carbons (Fsp3) is 0.333. The van der Waals surface area contributed by atoms with Crippen LogP contribution in [-0.4, -0.2) is 9.97 Å². The highest BCUT2D eigenvalue weighted by Crippen LogP contribution is 2.39. The van der Waals surface area contributed by atoms with Crippen molar-refractivity contribution in [3.63, 3.8) is 0 Å². The zero-order chi connectivity index (χ0) is 10.4. The van der Waals surface area contributed by atoms with Gasteiger partial charge < -0.3 is 5.73 Å². The Bertz CT molecular complexity index is 530. The molecule has 0 spiro atoms. The molecule has 15 heavy (non-hydrogen) atoms. The number of nitrogens with two attached hydrogens (primary N) is 1. The van der Waals surface area contributed by atoms with E-state index in [4.69, 9.17) is 5.73 Å². The third-order valence-electron chi connectivity index (χ3n) is 2.92. The summed E-state index contributed by atoms with van der Waals surface area (Å²) >= 11 is 0. The minimum Gasteiger partial charge on any atom is -0.383 e. The summed E-state index contributed by atoms with van der Waals surface area (Å²) < 4.78 is 0. The minimum atomic E-state index is 0.553. The number of nitrogen functional groups attached to an aromatic ring is 1. The fourth-order valence-electron chi connectivity index (χ4n) is 1.93. The van der Waals surface area contributed by atoms with Gasteiger partial charge in [0.2, 0.25) is 0 Å². The third kappa shape index (κ3) is 1.35. The van der Waals surface area contributed by atoms with Gasteiger partial charge in [0.1, 0.15) is 11.6 Å². The maximum atomic E-state index is 5.97. The molecule has 3 rings (SSSR count). The summed E-state index contributed by atoms with van der Waals surface area (Å²) in [6.07, 6.45) is 2.41. The first-order chi connectivity index (χ1) is 7.25. The summed E-state index contributed by atoms with van der Waals surface area (Å²) in [5.41, 5.74) is 8.09. The van der Waals surface area contributed by atoms with Gasteiger partial charge in [-0.1, -0.05) is 12.1 Å². The summed E-state index contributed by atoms with van der Waals surface area (Å²) in [5, 5.41) is 1.00. The molecule has 0 unspecified atom stereocenters. The number of hydrogen-bond acceptors (Lipinski definition) is 3. The number of rotatable bonds is 1. The molecule has 1 aromatic heterocycles. The standard InChI is InChI=1S/C12H13N3/c1-7-3-2-4-9-10(7)11(13)15-12(14-9)8-5-6-8/h2-4,8H,5-6H2,1H3,(H2,13,14,15). The minimum absolute atomic E-state index is 0.553. The molecular weight excluding hydrogens is 186 g/mol. The third-order valence-corrected chi connectivity index (χ3v) is 2.92. The maximum absolute atomic E-state index is 5.97. The molecule has 1 heterocycles. The molecule has 0 amide bonds. The summed E-state index contributed by atoms with van der Waals surface area (Å²) in [4.78, 5) is 8.96. The first-order valence-electron chi connectivity index (χ1n) is 5.28. The van der Waals surface area contributed by atoms with E-state index in [1.807, 2.05) is 25.1 Å². The predicted octanol–water partition coefficient (Wildman–Crippen LogP) is 2.40. The lowest BCUT2D eigenvalue weighted by molar-refractivity contribution is 0.952. The van der Waals surface area contributed by atoms with Crippen LogP contribution >= 0.6 is 0 Å². The van der Waals surface area contributed by atoms with Gasteiger partial charge in [-0.25, -0.2) is 9.97 Å². The molecule has 76 valence electrons. The Morgan fingerprint density at radius 1 is 1.27 bits per heavy atom. The smallest absolute Gasteiger partial charge is 0.135 e. The second kappa shape index (κ2) is 2.92. The van der Waals surface area contributed by atoms with Gasteiger partial charge in [0.25, 0.3) is 0 Å². The van der Waals surface area contributed by atoms with Crippen LogP contribution in [0.15, 0.2) is 18.2 Å². The average Bonchev–Trinajstić information content (AvgIpc) is 3.00. The molecule has 1 aliphatic carbocycles. The summed E-state index contributed by atoms with van der Waals surface area (Å²) in [5.74, 6) is 2.10. The Morgan fingerprint density at radius 2 is 2.07 bits per heavy atom. The Labute approximate surface area is 88.3 Å². The molecule has 3 heteroatoms. The number of benzene rings is 1. The summed E-state index contributed by atoms with van der Waals surface area (Å²) in [7, 11) is 0. The van der Waals surface area contributed by atoms with E-state index in [0.717, 1.165) is 22.3 Å². The van der Waals surface area contributed by atoms with Gasteiger partial charge in [0.15, 0.2) is 0 Å². The SMILES string of the molecule is Cc1cccc2nc(C3CC3)nc(N)c12. The summed E-state index contributed by atoms with van der Waals surface area (Å²) in [6.45, 7) is 2.04. The van der Waals surface area contributed by atoms with Crippen molar-refractivity contribution in [1.82, 2.24) is 9.97 Å². The topological polar surface area (TPSA) is 51.8 Å². The van der Waals surface area contributed by atoms with E-state index >= 15 is 0 Å². The molecule has 3 nitrogen and oxygen atoms in total. The number of aryl methyl sites for hydroxylation is 1. The first-order valence-corrected chi connectivity index (χ1v) is 5.28. The Balaban J connectivity index is 2.31. The number of hydrogen-bond donors (Lipinski definition) is 1. The van der Waals surface area contributed by atoms with Crippen LogP contribution < -0.4 is 5.73 Å². The number of aromatic nitrogens is 2. The number of fused-ring (bicyclic) bond motifs is 1. The quantitative estimate of drug-likeness (QED) is 0.767. The fourth-order valence-corrected chi connectivity index (χ4v) is 1.93. The Morgan fingerprint density at radius 3 is 2.80 bits per heavy atom. The average molecular weight is 199 g/mol. The largest absolute Gasteiger partial charge is 0.383 e. The van der Waals surface area contributed by atoms with Crippen molar-refractivity contribution in [3.05, 3.63) is 29.6 Å². The van der Waals surface area contributed by atoms with E-state index < -0.39 is 0 Å². The predicted molar refractivity (Wildman–Crippen MR) is 60.7 cm³/mol. The van der Waals surface area contributed by atoms with Crippen molar-refractivity contribution in [1.29, 1.82) is 0 Å². The molecular formula is C12H13N3. The zero-order valence-corrected chi connectivity index (χ0v) is 8.70. The summed E-state index contributed by atoms with van der Waals surface area (Å²) in [6, 6.07) is 6.06. The molecule has 1 aromatic carbocycles. The molecule has 0 saturated heterocycles. The molecule has 0 atom stereocenters. The van der Waals surface area contributed by atoms with E-state index in [1.54, 1.807) is 0 Å². The van der Waals surface area contributed by atoms with E-state index in [0.29, 0.717) is 11.7 Å². The second-order valence-electron chi connectivity index (χ2n) is 4.21. The van der Waals surface area contributed by atoms with Crippen LogP contribution in [0.25, 0.3) is 10.9 Å². The highest BCUT2D eigenvalue weighted by molar-refractivity contribution is 5.90. The van der Waals surface area contributed by atoms with Gasteiger partial charge in [-0.3, -0.25) is 0 Å². The van der Waals surface area contributed by atoms with Crippen LogP contribution in [0.5, 0.6) is 0 Å². The Kier molecular flexibility index (Phi) is 1.69. The first kappa shape index (κ1) is 8.65. The van der Waals surface area contributed by atoms with E-state index in [1.165, 1.54) is 12.8 Å². The molecule has 0 aliphatic heterocycles. The lowest BCUT2D eigenvalue weighted by atomic mass is 10.1. The molecule has 1 fully saturated rings. The van der Waals surface area contributed by atoms with Crippen molar-refractivity contribution in [2.75, 3.05) is 5.73 Å². The number of anilines is 1. The van der Waals surface area contributed by atoms with Crippen molar-refractivity contribution < 1.29 is 0 Å². The van der Waals surface area contributed by atoms with Gasteiger partial charge in [-0.2, -0.15) is 0 Å². The maximum Gasteiger partial charge on any atom is 0.135 e. The molecule has 0 bridgehead atoms. The molecule has 0 radical (unpaired) electrons. The van der Waals surface area contributed by atoms with E-state index in [2.05, 4.69) is 9.97 Å². The molecule has 1 aliphatic rings. The van der Waals surface area contributed by atoms with Crippen LogP contribution in [-0.2, 0) is 0 Å². The molecule has 2 N–H and O–H groups in total. The van der Waals surface area contributed by atoms with Gasteiger partial charge in [-0.15, -0.1) is 0 Å². The monoisotopic (exact) mass is 199 g/mol. The van der Waals surface area contributed by atoms with Crippen LogP contribution in [0.4, 0.5) is 5.82 Å². The normalized spacial score (nSPS) is 15.8. The van der Waals surface area contributed by atoms with Crippen molar-refractivity contribution in [2.24, 2.45) is 0 Å². The molecule has 1 saturated carbocycles. The number of nitrogens with zero attached hydrogens (tertiary/aromatic N) is 2. The Hall–Kier alpha value is -1.64. The van der Waals surface area contributed by atoms with Gasteiger partial charge >= 0.3 is 0 Å². The van der Waals surface area contributed by atoms with Gasteiger partial charge in [-0.05, 0) is 31.4 Å². The van der Waals surface area contributed by atoms with Crippen molar-refractivity contribution in [2.45, 2.75) is 25.7 Å². The second-order valence-corrected chi connectivity index (χ2v) is 4.21. The molecule has 2 aromatic rings. The van der Waals surface area contributed by atoms with Crippen LogP contribution in [0, 0.1) is 6.92 Å². The van der Waals surface area contributed by atoms with E-state index in [-0.39, 0.29) is 0 Å². The van der Waals surface area contributed by atoms with Crippen molar-refractivity contribution >= 4 is 16.7 Å². The highest BCUT2D eigenvalue weighted by atomic mass is 15.0. The highest BCUT2D eigenvalue weighted by Gasteiger charge is 2.27. The van der Waals surface area contributed by atoms with Crippen LogP contribution in [0.1, 0.15) is 30.1 Å². The van der Waals surface area contributed by atoms with Gasteiger partial charge in [0.05, 0.1) is 5.52 Å². The lowest BCUT2D eigenvalue weighted by Crippen LogP contribution is -2.00. The lowest BCUT2D eigenvalue weighted by Gasteiger charge is -2.06. The van der Waals surface area contributed by atoms with Crippen LogP contribution in [0.3, 0.4) is 0 Å². The van der Waals surface area contributed by atoms with Crippen molar-refractivity contribution in [3.8, 4) is 0 Å².